The molecule has 0 saturated carbocycles. The molecule has 0 aliphatic carbocycles. The first-order chi connectivity index (χ1) is 41.4. The number of benzene rings is 12. The molecule has 2 aliphatic heterocycles. The van der Waals surface area contributed by atoms with Crippen molar-refractivity contribution < 1.29 is 14.0 Å². The third kappa shape index (κ3) is 9.25. The Bertz CT molecular complexity index is 4240. The van der Waals surface area contributed by atoms with Crippen molar-refractivity contribution in [1.82, 2.24) is 0 Å². The van der Waals surface area contributed by atoms with E-state index >= 15 is 9.13 Å². The van der Waals surface area contributed by atoms with E-state index in [-0.39, 0.29) is 0 Å². The normalized spacial score (nSPS) is 14.5. The summed E-state index contributed by atoms with van der Waals surface area (Å²) in [6, 6.07) is 107. The molecule has 14 rings (SSSR count). The average Bonchev–Trinajstić information content (AvgIpc) is 2.55. The summed E-state index contributed by atoms with van der Waals surface area (Å²) in [5.41, 5.74) is 13.6. The Morgan fingerprint density at radius 3 is 1.27 bits per heavy atom. The monoisotopic (exact) mass is 1150 g/mol. The zero-order valence-corrected chi connectivity index (χ0v) is 48.4. The second kappa shape index (κ2) is 22.2. The molecule has 0 fully saturated rings. The van der Waals surface area contributed by atoms with E-state index in [0.29, 0.717) is 10.6 Å². The molecule has 84 heavy (non-hydrogen) atoms. The smallest absolute Gasteiger partial charge is 0.0710 e. The second-order valence-corrected chi connectivity index (χ2v) is 27.5. The van der Waals surface area contributed by atoms with Gasteiger partial charge in [0.05, 0.1) is 11.4 Å². The Balaban J connectivity index is 0.923. The van der Waals surface area contributed by atoms with E-state index in [1.807, 2.05) is 257 Å². The predicted molar refractivity (Wildman–Crippen MR) is 355 cm³/mol. The molecule has 0 radical (unpaired) electrons. The van der Waals surface area contributed by atoms with Crippen molar-refractivity contribution >= 4 is 107 Å². The molecule has 2 heterocycles. The van der Waals surface area contributed by atoms with E-state index in [0.717, 1.165) is 95.8 Å². The molecule has 0 amide bonds. The molecule has 408 valence electrons. The van der Waals surface area contributed by atoms with Crippen molar-refractivity contribution in [3.05, 3.63) is 322 Å². The Hall–Kier alpha value is -9.71. The van der Waals surface area contributed by atoms with Gasteiger partial charge in [-0.2, -0.15) is 0 Å². The summed E-state index contributed by atoms with van der Waals surface area (Å²) in [5, 5.41) is 5.64. The number of hydrogen-bond donors (Lipinski definition) is 2. The molecule has 0 bridgehead atoms. The molecule has 2 aliphatic rings. The third-order valence-corrected chi connectivity index (χ3v) is 23.6. The summed E-state index contributed by atoms with van der Waals surface area (Å²) >= 11 is 0. The topological polar surface area (TPSA) is 82.6 Å². The largest absolute Gasteiger partial charge is 0.354 e. The van der Waals surface area contributed by atoms with Crippen LogP contribution in [-0.2, 0) is 9.13 Å². The molecule has 2 N–H and O–H groups in total. The van der Waals surface area contributed by atoms with Gasteiger partial charge in [0, 0.05) is 11.4 Å². The minimum absolute atomic E-state index is 0.614. The van der Waals surface area contributed by atoms with E-state index in [1.165, 1.54) is 0 Å². The van der Waals surface area contributed by atoms with Crippen LogP contribution in [0.3, 0.4) is 0 Å². The SMILES string of the molecule is O=[PH](c1ccc(-c2cc(-c3ccc([PH]4(O)N(c5ccccc5)c5ccccc5N4c4ccccc4)cc3)cc(P3(=O)N(c4ccccc4)c4ccccc4N3c3ccccc3)c2)cc1)N(c1ccccc1)c1ccccc1Nc1ccccc1. The summed E-state index contributed by atoms with van der Waals surface area (Å²) in [6.07, 6.45) is 0. The van der Waals surface area contributed by atoms with Crippen LogP contribution < -0.4 is 44.6 Å². The van der Waals surface area contributed by atoms with E-state index < -0.39 is 23.2 Å². The third-order valence-electron chi connectivity index (χ3n) is 15.6. The van der Waals surface area contributed by atoms with Crippen LogP contribution in [0.4, 0.5) is 68.2 Å². The number of nitrogens with one attached hydrogen (secondary N) is 1. The van der Waals surface area contributed by atoms with Crippen LogP contribution in [0.5, 0.6) is 0 Å². The van der Waals surface area contributed by atoms with Crippen molar-refractivity contribution in [3.63, 3.8) is 0 Å². The summed E-state index contributed by atoms with van der Waals surface area (Å²) in [4.78, 5) is 13.9. The number of anilines is 12. The van der Waals surface area contributed by atoms with Gasteiger partial charge in [-0.25, -0.2) is 0 Å². The molecular weight excluding hydrogens is 1090 g/mol. The molecule has 12 heteroatoms. The summed E-state index contributed by atoms with van der Waals surface area (Å²) in [7, 11) is -10.5. The summed E-state index contributed by atoms with van der Waals surface area (Å²) < 4.78 is 43.1. The van der Waals surface area contributed by atoms with Gasteiger partial charge in [0.2, 0.25) is 0 Å². The van der Waals surface area contributed by atoms with E-state index in [2.05, 4.69) is 93.5 Å². The van der Waals surface area contributed by atoms with Gasteiger partial charge in [0.1, 0.15) is 0 Å². The van der Waals surface area contributed by atoms with Gasteiger partial charge in [-0.3, -0.25) is 9.24 Å². The second-order valence-electron chi connectivity index (χ2n) is 20.7. The Morgan fingerprint density at radius 1 is 0.393 bits per heavy atom. The van der Waals surface area contributed by atoms with Gasteiger partial charge in [-0.15, -0.1) is 0 Å². The van der Waals surface area contributed by atoms with Crippen LogP contribution in [0.15, 0.2) is 322 Å². The van der Waals surface area contributed by atoms with E-state index in [1.54, 1.807) is 0 Å². The average molecular weight is 1150 g/mol. The van der Waals surface area contributed by atoms with Crippen molar-refractivity contribution in [2.45, 2.75) is 0 Å². The first kappa shape index (κ1) is 52.4. The summed E-state index contributed by atoms with van der Waals surface area (Å²) in [6.45, 7) is 0. The molecular formula is C72H57N6O3P3. The fraction of sp³-hybridized carbons (Fsp3) is 0. The minimum atomic E-state index is -3.89. The van der Waals surface area contributed by atoms with Crippen LogP contribution in [0.25, 0.3) is 22.3 Å². The Labute approximate surface area is 491 Å². The van der Waals surface area contributed by atoms with Gasteiger partial charge in [0.25, 0.3) is 0 Å². The molecule has 0 aromatic heterocycles. The first-order valence-electron chi connectivity index (χ1n) is 28.0. The van der Waals surface area contributed by atoms with Crippen molar-refractivity contribution in [2.24, 2.45) is 0 Å². The van der Waals surface area contributed by atoms with Gasteiger partial charge in [-0.05, 0) is 36.4 Å². The van der Waals surface area contributed by atoms with Gasteiger partial charge in [0.15, 0.2) is 0 Å². The van der Waals surface area contributed by atoms with E-state index in [4.69, 9.17) is 0 Å². The van der Waals surface area contributed by atoms with Crippen LogP contribution in [-0.4, -0.2) is 4.89 Å². The van der Waals surface area contributed by atoms with Gasteiger partial charge in [-0.1, -0.05) is 60.7 Å². The minimum Gasteiger partial charge on any atom is -0.354 e. The maximum absolute atomic E-state index is 17.4. The van der Waals surface area contributed by atoms with Crippen LogP contribution >= 0.6 is 23.2 Å². The molecule has 1 unspecified atom stereocenters. The zero-order valence-electron chi connectivity index (χ0n) is 45.5. The fourth-order valence-corrected chi connectivity index (χ4v) is 19.8. The predicted octanol–water partition coefficient (Wildman–Crippen LogP) is 18.6. The standard InChI is InChI=1S/C72H57N6O3P3/c79-82(74(59-27-9-2-10-28-59)68-38-20-19-37-67(68)73-58-25-7-1-8-26-58)64-47-43-54(44-48-64)56-51-57(53-66(52-56)84(81)77(62-33-15-5-16-34-62)71-41-23-24-42-72(71)78(84)63-35-17-6-18-36-63)55-45-49-65(50-46-55)83(80)75(60-29-11-3-12-30-60)69-39-21-22-40-70(69)76(83)61-31-13-4-14-32-61/h1-53,73,80,82-83H. The maximum Gasteiger partial charge on any atom is 0.0710 e. The first-order valence-corrected chi connectivity index (χ1v) is 32.8. The molecule has 12 aromatic rings. The van der Waals surface area contributed by atoms with Gasteiger partial charge >= 0.3 is 359 Å². The van der Waals surface area contributed by atoms with Crippen molar-refractivity contribution in [2.75, 3.05) is 28.7 Å². The Kier molecular flexibility index (Phi) is 13.9. The number of fused-ring (bicyclic) bond motifs is 2. The van der Waals surface area contributed by atoms with E-state index in [9.17, 15) is 4.89 Å². The van der Waals surface area contributed by atoms with Crippen molar-refractivity contribution in [3.8, 4) is 22.3 Å². The van der Waals surface area contributed by atoms with Crippen molar-refractivity contribution in [1.29, 1.82) is 0 Å². The molecule has 9 nitrogen and oxygen atoms in total. The number of rotatable bonds is 14. The van der Waals surface area contributed by atoms with Crippen LogP contribution in [0.1, 0.15) is 0 Å². The molecule has 12 aromatic carbocycles. The fourth-order valence-electron chi connectivity index (χ4n) is 11.8. The van der Waals surface area contributed by atoms with Gasteiger partial charge < -0.3 is 5.32 Å². The summed E-state index contributed by atoms with van der Waals surface area (Å²) in [5.74, 6) is 0. The van der Waals surface area contributed by atoms with Crippen LogP contribution in [0.2, 0.25) is 0 Å². The quantitative estimate of drug-likeness (QED) is 0.103. The zero-order chi connectivity index (χ0) is 56.6. The molecule has 0 spiro atoms. The van der Waals surface area contributed by atoms with Crippen LogP contribution in [0, 0.1) is 0 Å². The molecule has 1 atom stereocenters. The Morgan fingerprint density at radius 2 is 0.786 bits per heavy atom. The number of para-hydroxylation sites is 12. The number of hydrogen-bond acceptors (Lipinski definition) is 6. The molecule has 0 saturated heterocycles. The number of nitrogens with zero attached hydrogens (tertiary/aromatic N) is 5. The maximum atomic E-state index is 17.4.